The number of amides is 2. The van der Waals surface area contributed by atoms with Crippen molar-refractivity contribution < 1.29 is 14.7 Å². The predicted octanol–water partition coefficient (Wildman–Crippen LogP) is 0.779. The first-order chi connectivity index (χ1) is 9.66. The molecule has 0 bridgehead atoms. The van der Waals surface area contributed by atoms with E-state index in [0.29, 0.717) is 26.1 Å². The maximum absolute atomic E-state index is 11.9. The molecule has 110 valence electrons. The fourth-order valence-corrected chi connectivity index (χ4v) is 2.34. The average Bonchev–Trinajstić information content (AvgIpc) is 2.96. The lowest BCUT2D eigenvalue weighted by atomic mass is 9.99. The molecule has 0 unspecified atom stereocenters. The molecule has 2 rings (SSSR count). The van der Waals surface area contributed by atoms with Crippen molar-refractivity contribution in [3.8, 4) is 0 Å². The molecule has 7 nitrogen and oxygen atoms in total. The Bertz CT molecular complexity index is 446. The van der Waals surface area contributed by atoms with Gasteiger partial charge in [-0.2, -0.15) is 5.10 Å². The summed E-state index contributed by atoms with van der Waals surface area (Å²) in [6, 6.07) is 1.69. The van der Waals surface area contributed by atoms with E-state index in [2.05, 4.69) is 10.4 Å². The molecule has 1 aromatic rings. The standard InChI is InChI=1S/C13H20N4O3/c18-12(19)11-4-1-7-16(10-11)13(20)14-5-2-8-17-9-3-6-15-17/h3,6,9,11H,1-2,4-5,7-8,10H2,(H,14,20)(H,18,19)/t11-/m1/s1. The third-order valence-electron chi connectivity index (χ3n) is 3.46. The van der Waals surface area contributed by atoms with Crippen LogP contribution in [0, 0.1) is 5.92 Å². The first-order valence-corrected chi connectivity index (χ1v) is 6.90. The summed E-state index contributed by atoms with van der Waals surface area (Å²) >= 11 is 0. The molecule has 0 spiro atoms. The molecule has 1 aliphatic rings. The Morgan fingerprint density at radius 1 is 1.45 bits per heavy atom. The predicted molar refractivity (Wildman–Crippen MR) is 72.2 cm³/mol. The largest absolute Gasteiger partial charge is 0.481 e. The summed E-state index contributed by atoms with van der Waals surface area (Å²) < 4.78 is 1.81. The van der Waals surface area contributed by atoms with E-state index < -0.39 is 11.9 Å². The van der Waals surface area contributed by atoms with Gasteiger partial charge in [-0.05, 0) is 25.3 Å². The molecular weight excluding hydrogens is 260 g/mol. The maximum atomic E-state index is 11.9. The highest BCUT2D eigenvalue weighted by Crippen LogP contribution is 2.16. The van der Waals surface area contributed by atoms with Gasteiger partial charge in [-0.3, -0.25) is 9.48 Å². The van der Waals surface area contributed by atoms with Gasteiger partial charge in [-0.25, -0.2) is 4.79 Å². The number of carboxylic acid groups (broad SMARTS) is 1. The SMILES string of the molecule is O=C(O)[C@@H]1CCCN(C(=O)NCCCn2cccn2)C1. The first kappa shape index (κ1) is 14.4. The number of carbonyl (C=O) groups is 2. The number of carbonyl (C=O) groups excluding carboxylic acids is 1. The van der Waals surface area contributed by atoms with Gasteiger partial charge in [0.05, 0.1) is 5.92 Å². The first-order valence-electron chi connectivity index (χ1n) is 6.90. The van der Waals surface area contributed by atoms with E-state index in [1.165, 1.54) is 0 Å². The molecule has 1 saturated heterocycles. The summed E-state index contributed by atoms with van der Waals surface area (Å²) in [4.78, 5) is 24.5. The van der Waals surface area contributed by atoms with Crippen LogP contribution in [0.1, 0.15) is 19.3 Å². The molecule has 2 amide bonds. The second-order valence-electron chi connectivity index (χ2n) is 4.98. The molecule has 1 fully saturated rings. The third-order valence-corrected chi connectivity index (χ3v) is 3.46. The van der Waals surface area contributed by atoms with E-state index in [-0.39, 0.29) is 6.03 Å². The van der Waals surface area contributed by atoms with Crippen LogP contribution in [0.2, 0.25) is 0 Å². The minimum Gasteiger partial charge on any atom is -0.481 e. The van der Waals surface area contributed by atoms with Crippen molar-refractivity contribution in [3.63, 3.8) is 0 Å². The van der Waals surface area contributed by atoms with Crippen LogP contribution >= 0.6 is 0 Å². The van der Waals surface area contributed by atoms with Crippen LogP contribution in [0.3, 0.4) is 0 Å². The molecule has 7 heteroatoms. The van der Waals surface area contributed by atoms with Gasteiger partial charge in [0, 0.05) is 38.6 Å². The Hall–Kier alpha value is -2.05. The van der Waals surface area contributed by atoms with Gasteiger partial charge in [0.2, 0.25) is 0 Å². The number of nitrogens with zero attached hydrogens (tertiary/aromatic N) is 3. The fraction of sp³-hybridized carbons (Fsp3) is 0.615. The summed E-state index contributed by atoms with van der Waals surface area (Å²) in [5, 5.41) is 15.9. The van der Waals surface area contributed by atoms with Gasteiger partial charge in [0.15, 0.2) is 0 Å². The zero-order valence-corrected chi connectivity index (χ0v) is 11.4. The van der Waals surface area contributed by atoms with Gasteiger partial charge >= 0.3 is 12.0 Å². The van der Waals surface area contributed by atoms with E-state index in [1.54, 1.807) is 11.1 Å². The molecule has 2 heterocycles. The number of aromatic nitrogens is 2. The Kier molecular flexibility index (Phi) is 4.97. The van der Waals surface area contributed by atoms with Gasteiger partial charge in [0.1, 0.15) is 0 Å². The summed E-state index contributed by atoms with van der Waals surface area (Å²) in [5.41, 5.74) is 0. The Morgan fingerprint density at radius 2 is 2.30 bits per heavy atom. The Labute approximate surface area is 117 Å². The molecular formula is C13H20N4O3. The summed E-state index contributed by atoms with van der Waals surface area (Å²) in [6.07, 6.45) is 5.79. The molecule has 0 saturated carbocycles. The maximum Gasteiger partial charge on any atom is 0.317 e. The van der Waals surface area contributed by atoms with Crippen molar-refractivity contribution in [1.29, 1.82) is 0 Å². The molecule has 2 N–H and O–H groups in total. The van der Waals surface area contributed by atoms with Gasteiger partial charge in [-0.15, -0.1) is 0 Å². The zero-order valence-electron chi connectivity index (χ0n) is 11.4. The smallest absolute Gasteiger partial charge is 0.317 e. The van der Waals surface area contributed by atoms with E-state index in [4.69, 9.17) is 5.11 Å². The Balaban J connectivity index is 1.67. The molecule has 0 radical (unpaired) electrons. The van der Waals surface area contributed by atoms with Crippen LogP contribution in [0.4, 0.5) is 4.79 Å². The third kappa shape index (κ3) is 3.97. The number of hydrogen-bond donors (Lipinski definition) is 2. The van der Waals surface area contributed by atoms with Crippen LogP contribution in [-0.2, 0) is 11.3 Å². The van der Waals surface area contributed by atoms with E-state index in [9.17, 15) is 9.59 Å². The number of aliphatic carboxylic acids is 1. The van der Waals surface area contributed by atoms with Crippen LogP contribution in [-0.4, -0.2) is 51.4 Å². The lowest BCUT2D eigenvalue weighted by molar-refractivity contribution is -0.143. The minimum absolute atomic E-state index is 0.170. The molecule has 0 aromatic carbocycles. The van der Waals surface area contributed by atoms with E-state index >= 15 is 0 Å². The van der Waals surface area contributed by atoms with Crippen molar-refractivity contribution in [3.05, 3.63) is 18.5 Å². The van der Waals surface area contributed by atoms with Crippen molar-refractivity contribution >= 4 is 12.0 Å². The number of likely N-dealkylation sites (tertiary alicyclic amines) is 1. The quantitative estimate of drug-likeness (QED) is 0.780. The molecule has 20 heavy (non-hydrogen) atoms. The Morgan fingerprint density at radius 3 is 3.00 bits per heavy atom. The molecule has 1 atom stereocenters. The van der Waals surface area contributed by atoms with Crippen LogP contribution < -0.4 is 5.32 Å². The van der Waals surface area contributed by atoms with Gasteiger partial charge < -0.3 is 15.3 Å². The number of nitrogens with one attached hydrogen (secondary N) is 1. The van der Waals surface area contributed by atoms with E-state index in [0.717, 1.165) is 19.4 Å². The van der Waals surface area contributed by atoms with Crippen LogP contribution in [0.5, 0.6) is 0 Å². The zero-order chi connectivity index (χ0) is 14.4. The lowest BCUT2D eigenvalue weighted by Crippen LogP contribution is -2.47. The number of piperidine rings is 1. The number of urea groups is 1. The van der Waals surface area contributed by atoms with Crippen molar-refractivity contribution in [1.82, 2.24) is 20.0 Å². The monoisotopic (exact) mass is 280 g/mol. The highest BCUT2D eigenvalue weighted by molar-refractivity contribution is 5.76. The van der Waals surface area contributed by atoms with Crippen molar-refractivity contribution in [2.24, 2.45) is 5.92 Å². The molecule has 1 aliphatic heterocycles. The average molecular weight is 280 g/mol. The van der Waals surface area contributed by atoms with Gasteiger partial charge in [0.25, 0.3) is 0 Å². The summed E-state index contributed by atoms with van der Waals surface area (Å²) in [5.74, 6) is -1.25. The van der Waals surface area contributed by atoms with Crippen LogP contribution in [0.25, 0.3) is 0 Å². The van der Waals surface area contributed by atoms with Crippen molar-refractivity contribution in [2.45, 2.75) is 25.8 Å². The number of carboxylic acids is 1. The number of rotatable bonds is 5. The van der Waals surface area contributed by atoms with Crippen molar-refractivity contribution in [2.75, 3.05) is 19.6 Å². The second kappa shape index (κ2) is 6.93. The van der Waals surface area contributed by atoms with Crippen LogP contribution in [0.15, 0.2) is 18.5 Å². The number of hydrogen-bond acceptors (Lipinski definition) is 3. The minimum atomic E-state index is -0.818. The molecule has 1 aromatic heterocycles. The molecule has 0 aliphatic carbocycles. The lowest BCUT2D eigenvalue weighted by Gasteiger charge is -2.30. The number of aryl methyl sites for hydroxylation is 1. The summed E-state index contributed by atoms with van der Waals surface area (Å²) in [6.45, 7) is 2.26. The fourth-order valence-electron chi connectivity index (χ4n) is 2.34. The normalized spacial score (nSPS) is 18.8. The highest BCUT2D eigenvalue weighted by atomic mass is 16.4. The van der Waals surface area contributed by atoms with Gasteiger partial charge in [-0.1, -0.05) is 0 Å². The summed E-state index contributed by atoms with van der Waals surface area (Å²) in [7, 11) is 0. The highest BCUT2D eigenvalue weighted by Gasteiger charge is 2.27. The second-order valence-corrected chi connectivity index (χ2v) is 4.98. The topological polar surface area (TPSA) is 87.5 Å². The van der Waals surface area contributed by atoms with E-state index in [1.807, 2.05) is 16.9 Å².